The molecule has 0 fully saturated rings. The van der Waals surface area contributed by atoms with E-state index in [0.29, 0.717) is 5.02 Å². The van der Waals surface area contributed by atoms with Crippen molar-refractivity contribution in [3.8, 4) is 5.75 Å². The smallest absolute Gasteiger partial charge is 0.124 e. The Morgan fingerprint density at radius 2 is 1.79 bits per heavy atom. The van der Waals surface area contributed by atoms with E-state index >= 15 is 0 Å². The molecule has 0 aliphatic rings. The molecule has 2 nitrogen and oxygen atoms in total. The third kappa shape index (κ3) is 2.91. The molecule has 1 unspecified atom stereocenters. The van der Waals surface area contributed by atoms with Crippen LogP contribution >= 0.6 is 11.6 Å². The van der Waals surface area contributed by atoms with Crippen molar-refractivity contribution in [2.45, 2.75) is 19.9 Å². The Labute approximate surface area is 119 Å². The van der Waals surface area contributed by atoms with Gasteiger partial charge < -0.3 is 10.5 Å². The van der Waals surface area contributed by atoms with E-state index in [9.17, 15) is 0 Å². The van der Waals surface area contributed by atoms with Crippen LogP contribution in [0, 0.1) is 13.8 Å². The number of ether oxygens (including phenoxy) is 1. The molecule has 2 N–H and O–H groups in total. The summed E-state index contributed by atoms with van der Waals surface area (Å²) in [6.45, 7) is 4.14. The summed E-state index contributed by atoms with van der Waals surface area (Å²) in [5.74, 6) is 0.761. The second-order valence-electron chi connectivity index (χ2n) is 4.72. The van der Waals surface area contributed by atoms with Crippen LogP contribution in [0.15, 0.2) is 36.4 Å². The van der Waals surface area contributed by atoms with Gasteiger partial charge in [0.1, 0.15) is 5.75 Å². The Morgan fingerprint density at radius 1 is 1.05 bits per heavy atom. The second kappa shape index (κ2) is 5.64. The lowest BCUT2D eigenvalue weighted by molar-refractivity contribution is 0.408. The van der Waals surface area contributed by atoms with Gasteiger partial charge in [0.15, 0.2) is 0 Å². The zero-order chi connectivity index (χ0) is 14.0. The average Bonchev–Trinajstić information content (AvgIpc) is 2.38. The number of hydrogen-bond acceptors (Lipinski definition) is 2. The monoisotopic (exact) mass is 275 g/mol. The van der Waals surface area contributed by atoms with Crippen molar-refractivity contribution in [1.82, 2.24) is 0 Å². The molecule has 2 aromatic carbocycles. The van der Waals surface area contributed by atoms with Crippen LogP contribution in [0.3, 0.4) is 0 Å². The third-order valence-electron chi connectivity index (χ3n) is 3.29. The van der Waals surface area contributed by atoms with E-state index in [1.54, 1.807) is 13.2 Å². The lowest BCUT2D eigenvalue weighted by Gasteiger charge is -2.18. The predicted molar refractivity (Wildman–Crippen MR) is 80.0 cm³/mol. The van der Waals surface area contributed by atoms with Gasteiger partial charge in [0.25, 0.3) is 0 Å². The van der Waals surface area contributed by atoms with Crippen LogP contribution in [-0.2, 0) is 0 Å². The van der Waals surface area contributed by atoms with Crippen molar-refractivity contribution in [1.29, 1.82) is 0 Å². The molecule has 0 heterocycles. The van der Waals surface area contributed by atoms with E-state index in [1.807, 2.05) is 12.1 Å². The summed E-state index contributed by atoms with van der Waals surface area (Å²) in [5.41, 5.74) is 10.8. The molecule has 19 heavy (non-hydrogen) atoms. The highest BCUT2D eigenvalue weighted by molar-refractivity contribution is 6.30. The maximum absolute atomic E-state index is 6.37. The molecule has 1 atom stereocenters. The fraction of sp³-hybridized carbons (Fsp3) is 0.250. The van der Waals surface area contributed by atoms with Gasteiger partial charge in [0.05, 0.1) is 13.2 Å². The molecule has 0 spiro atoms. The summed E-state index contributed by atoms with van der Waals surface area (Å²) in [6.07, 6.45) is 0. The molecule has 2 rings (SSSR count). The van der Waals surface area contributed by atoms with Crippen LogP contribution in [0.4, 0.5) is 0 Å². The highest BCUT2D eigenvalue weighted by atomic mass is 35.5. The highest BCUT2D eigenvalue weighted by Gasteiger charge is 2.16. The number of methoxy groups -OCH3 is 1. The van der Waals surface area contributed by atoms with E-state index in [1.165, 1.54) is 11.1 Å². The molecule has 0 aromatic heterocycles. The van der Waals surface area contributed by atoms with Crippen LogP contribution in [0.1, 0.15) is 28.3 Å². The van der Waals surface area contributed by atoms with Gasteiger partial charge in [-0.25, -0.2) is 0 Å². The standard InChI is InChI=1S/C16H18ClNO/c1-10-4-6-13(11(2)8-10)16(18)14-9-12(17)5-7-15(14)19-3/h4-9,16H,18H2,1-3H3. The minimum Gasteiger partial charge on any atom is -0.496 e. The Morgan fingerprint density at radius 3 is 2.42 bits per heavy atom. The Hall–Kier alpha value is -1.51. The molecule has 2 aromatic rings. The number of hydrogen-bond donors (Lipinski definition) is 1. The van der Waals surface area contributed by atoms with Gasteiger partial charge in [-0.1, -0.05) is 35.4 Å². The van der Waals surface area contributed by atoms with E-state index in [0.717, 1.165) is 16.9 Å². The van der Waals surface area contributed by atoms with Gasteiger partial charge in [-0.05, 0) is 43.2 Å². The molecule has 100 valence electrons. The van der Waals surface area contributed by atoms with E-state index in [2.05, 4.69) is 32.0 Å². The molecule has 3 heteroatoms. The highest BCUT2D eigenvalue weighted by Crippen LogP contribution is 2.32. The van der Waals surface area contributed by atoms with Crippen LogP contribution in [0.2, 0.25) is 5.02 Å². The van der Waals surface area contributed by atoms with Crippen LogP contribution in [0.25, 0.3) is 0 Å². The minimum atomic E-state index is -0.241. The average molecular weight is 276 g/mol. The van der Waals surface area contributed by atoms with Crippen LogP contribution in [0.5, 0.6) is 5.75 Å². The van der Waals surface area contributed by atoms with Gasteiger partial charge in [0.2, 0.25) is 0 Å². The first kappa shape index (κ1) is 13.9. The molecule has 0 aliphatic heterocycles. The molecule has 0 bridgehead atoms. The van der Waals surface area contributed by atoms with Gasteiger partial charge in [-0.2, -0.15) is 0 Å². The summed E-state index contributed by atoms with van der Waals surface area (Å²) >= 11 is 6.06. The van der Waals surface area contributed by atoms with E-state index in [4.69, 9.17) is 22.1 Å². The topological polar surface area (TPSA) is 35.2 Å². The molecular formula is C16H18ClNO. The number of aryl methyl sites for hydroxylation is 2. The first-order valence-corrected chi connectivity index (χ1v) is 6.57. The van der Waals surface area contributed by atoms with Crippen molar-refractivity contribution >= 4 is 11.6 Å². The van der Waals surface area contributed by atoms with Crippen molar-refractivity contribution in [3.05, 3.63) is 63.7 Å². The maximum Gasteiger partial charge on any atom is 0.124 e. The zero-order valence-electron chi connectivity index (χ0n) is 11.4. The first-order valence-electron chi connectivity index (χ1n) is 6.19. The maximum atomic E-state index is 6.37. The summed E-state index contributed by atoms with van der Waals surface area (Å²) in [6, 6.07) is 11.5. The third-order valence-corrected chi connectivity index (χ3v) is 3.52. The zero-order valence-corrected chi connectivity index (χ0v) is 12.2. The second-order valence-corrected chi connectivity index (χ2v) is 5.16. The van der Waals surface area contributed by atoms with E-state index < -0.39 is 0 Å². The Kier molecular flexibility index (Phi) is 4.13. The van der Waals surface area contributed by atoms with Crippen molar-refractivity contribution in [3.63, 3.8) is 0 Å². The van der Waals surface area contributed by atoms with Crippen molar-refractivity contribution < 1.29 is 4.74 Å². The largest absolute Gasteiger partial charge is 0.496 e. The van der Waals surface area contributed by atoms with Crippen LogP contribution in [-0.4, -0.2) is 7.11 Å². The van der Waals surface area contributed by atoms with Crippen LogP contribution < -0.4 is 10.5 Å². The normalized spacial score (nSPS) is 12.3. The molecule has 0 saturated carbocycles. The molecule has 0 amide bonds. The summed E-state index contributed by atoms with van der Waals surface area (Å²) < 4.78 is 5.37. The van der Waals surface area contributed by atoms with Gasteiger partial charge >= 0.3 is 0 Å². The SMILES string of the molecule is COc1ccc(Cl)cc1C(N)c1ccc(C)cc1C. The molecule has 0 saturated heterocycles. The van der Waals surface area contributed by atoms with Gasteiger partial charge in [0, 0.05) is 10.6 Å². The molecule has 0 aliphatic carbocycles. The summed E-state index contributed by atoms with van der Waals surface area (Å²) in [7, 11) is 1.64. The minimum absolute atomic E-state index is 0.241. The quantitative estimate of drug-likeness (QED) is 0.918. The fourth-order valence-corrected chi connectivity index (χ4v) is 2.47. The summed E-state index contributed by atoms with van der Waals surface area (Å²) in [4.78, 5) is 0. The number of rotatable bonds is 3. The lowest BCUT2D eigenvalue weighted by Crippen LogP contribution is -2.14. The van der Waals surface area contributed by atoms with Gasteiger partial charge in [-0.15, -0.1) is 0 Å². The predicted octanol–water partition coefficient (Wildman–Crippen LogP) is 4.01. The fourth-order valence-electron chi connectivity index (χ4n) is 2.29. The van der Waals surface area contributed by atoms with E-state index in [-0.39, 0.29) is 6.04 Å². The number of benzene rings is 2. The lowest BCUT2D eigenvalue weighted by atomic mass is 9.94. The van der Waals surface area contributed by atoms with Gasteiger partial charge in [-0.3, -0.25) is 0 Å². The van der Waals surface area contributed by atoms with Crippen molar-refractivity contribution in [2.24, 2.45) is 5.73 Å². The summed E-state index contributed by atoms with van der Waals surface area (Å²) in [5, 5.41) is 0.663. The molecule has 0 radical (unpaired) electrons. The molecular weight excluding hydrogens is 258 g/mol. The first-order chi connectivity index (χ1) is 9.02. The Bertz CT molecular complexity index is 595. The Balaban J connectivity index is 2.49. The number of nitrogens with two attached hydrogens (primary N) is 1. The van der Waals surface area contributed by atoms with Crippen molar-refractivity contribution in [2.75, 3.05) is 7.11 Å². The number of halogens is 1.